The van der Waals surface area contributed by atoms with Crippen LogP contribution in [0.15, 0.2) is 28.7 Å². The van der Waals surface area contributed by atoms with Gasteiger partial charge in [-0.05, 0) is 56.0 Å². The molecule has 1 saturated carbocycles. The molecule has 0 aliphatic heterocycles. The molecule has 0 spiro atoms. The van der Waals surface area contributed by atoms with Crippen LogP contribution in [-0.4, -0.2) is 13.6 Å². The molecule has 0 bridgehead atoms. The number of rotatable bonds is 6. The van der Waals surface area contributed by atoms with Crippen molar-refractivity contribution in [2.45, 2.75) is 38.5 Å². The summed E-state index contributed by atoms with van der Waals surface area (Å²) >= 11 is 3.56. The first-order valence-electron chi connectivity index (χ1n) is 7.17. The molecule has 1 aromatic carbocycles. The van der Waals surface area contributed by atoms with Crippen molar-refractivity contribution < 1.29 is 0 Å². The summed E-state index contributed by atoms with van der Waals surface area (Å²) in [5.41, 5.74) is 1.46. The van der Waals surface area contributed by atoms with E-state index in [0.29, 0.717) is 0 Å². The third kappa shape index (κ3) is 4.40. The molecule has 1 nitrogen and oxygen atoms in total. The van der Waals surface area contributed by atoms with Crippen molar-refractivity contribution >= 4 is 15.9 Å². The van der Waals surface area contributed by atoms with E-state index in [1.807, 2.05) is 0 Å². The lowest BCUT2D eigenvalue weighted by Crippen LogP contribution is -2.22. The highest BCUT2D eigenvalue weighted by Crippen LogP contribution is 2.31. The van der Waals surface area contributed by atoms with Gasteiger partial charge in [-0.25, -0.2) is 0 Å². The molecule has 1 aliphatic rings. The van der Waals surface area contributed by atoms with Gasteiger partial charge in [-0.2, -0.15) is 0 Å². The fraction of sp³-hybridized carbons (Fsp3) is 0.625. The summed E-state index contributed by atoms with van der Waals surface area (Å²) in [6.07, 6.45) is 8.42. The average molecular weight is 310 g/mol. The Morgan fingerprint density at radius 3 is 2.78 bits per heavy atom. The summed E-state index contributed by atoms with van der Waals surface area (Å²) in [6, 6.07) is 8.76. The standard InChI is InChI=1S/C16H24BrN/c1-18-12-15(9-13-5-2-3-6-13)10-14-7-4-8-16(17)11-14/h4,7-8,11,13,15,18H,2-3,5-6,9-10,12H2,1H3. The smallest absolute Gasteiger partial charge is 0.0177 e. The molecule has 1 atom stereocenters. The molecular formula is C16H24BrN. The van der Waals surface area contributed by atoms with Crippen molar-refractivity contribution in [2.24, 2.45) is 11.8 Å². The maximum Gasteiger partial charge on any atom is 0.0177 e. The van der Waals surface area contributed by atoms with Crippen LogP contribution in [0.3, 0.4) is 0 Å². The largest absolute Gasteiger partial charge is 0.319 e. The second-order valence-electron chi connectivity index (χ2n) is 5.64. The molecule has 18 heavy (non-hydrogen) atoms. The minimum atomic E-state index is 0.785. The van der Waals surface area contributed by atoms with E-state index < -0.39 is 0 Å². The van der Waals surface area contributed by atoms with Gasteiger partial charge in [0.1, 0.15) is 0 Å². The monoisotopic (exact) mass is 309 g/mol. The molecule has 1 fully saturated rings. The van der Waals surface area contributed by atoms with Gasteiger partial charge in [0.25, 0.3) is 0 Å². The topological polar surface area (TPSA) is 12.0 Å². The summed E-state index contributed by atoms with van der Waals surface area (Å²) in [5, 5.41) is 3.36. The van der Waals surface area contributed by atoms with Crippen molar-refractivity contribution in [2.75, 3.05) is 13.6 Å². The van der Waals surface area contributed by atoms with E-state index in [0.717, 1.165) is 18.4 Å². The van der Waals surface area contributed by atoms with Gasteiger partial charge >= 0.3 is 0 Å². The van der Waals surface area contributed by atoms with E-state index in [4.69, 9.17) is 0 Å². The molecule has 1 N–H and O–H groups in total. The summed E-state index contributed by atoms with van der Waals surface area (Å²) in [5.74, 6) is 1.77. The quantitative estimate of drug-likeness (QED) is 0.821. The molecule has 1 unspecified atom stereocenters. The number of nitrogens with one attached hydrogen (secondary N) is 1. The fourth-order valence-corrected chi connectivity index (χ4v) is 3.69. The van der Waals surface area contributed by atoms with Crippen LogP contribution in [0, 0.1) is 11.8 Å². The van der Waals surface area contributed by atoms with Crippen LogP contribution in [0.4, 0.5) is 0 Å². The second-order valence-corrected chi connectivity index (χ2v) is 6.56. The zero-order valence-corrected chi connectivity index (χ0v) is 12.9. The highest BCUT2D eigenvalue weighted by atomic mass is 79.9. The van der Waals surface area contributed by atoms with Gasteiger partial charge in [-0.15, -0.1) is 0 Å². The zero-order chi connectivity index (χ0) is 12.8. The van der Waals surface area contributed by atoms with E-state index in [1.54, 1.807) is 0 Å². The van der Waals surface area contributed by atoms with Crippen molar-refractivity contribution in [3.63, 3.8) is 0 Å². The van der Waals surface area contributed by atoms with E-state index in [2.05, 4.69) is 52.6 Å². The average Bonchev–Trinajstić information content (AvgIpc) is 2.82. The van der Waals surface area contributed by atoms with E-state index in [9.17, 15) is 0 Å². The van der Waals surface area contributed by atoms with Gasteiger partial charge in [-0.3, -0.25) is 0 Å². The van der Waals surface area contributed by atoms with Gasteiger partial charge in [0.2, 0.25) is 0 Å². The molecule has 1 aromatic rings. The van der Waals surface area contributed by atoms with Gasteiger partial charge < -0.3 is 5.32 Å². The van der Waals surface area contributed by atoms with E-state index in [-0.39, 0.29) is 0 Å². The molecule has 2 rings (SSSR count). The lowest BCUT2D eigenvalue weighted by atomic mass is 9.88. The molecule has 0 aromatic heterocycles. The van der Waals surface area contributed by atoms with Crippen LogP contribution in [-0.2, 0) is 6.42 Å². The lowest BCUT2D eigenvalue weighted by molar-refractivity contribution is 0.364. The first-order valence-corrected chi connectivity index (χ1v) is 7.96. The summed E-state index contributed by atoms with van der Waals surface area (Å²) < 4.78 is 1.20. The molecule has 2 heteroatoms. The second kappa shape index (κ2) is 7.30. The van der Waals surface area contributed by atoms with Crippen LogP contribution < -0.4 is 5.32 Å². The van der Waals surface area contributed by atoms with Gasteiger partial charge in [0.15, 0.2) is 0 Å². The molecule has 0 radical (unpaired) electrons. The van der Waals surface area contributed by atoms with Gasteiger partial charge in [0, 0.05) is 4.47 Å². The van der Waals surface area contributed by atoms with Crippen LogP contribution >= 0.6 is 15.9 Å². The highest BCUT2D eigenvalue weighted by Gasteiger charge is 2.20. The third-order valence-electron chi connectivity index (χ3n) is 4.05. The molecular weight excluding hydrogens is 286 g/mol. The lowest BCUT2D eigenvalue weighted by Gasteiger charge is -2.20. The molecule has 0 heterocycles. The first-order chi connectivity index (χ1) is 8.78. The van der Waals surface area contributed by atoms with E-state index in [1.165, 1.54) is 48.6 Å². The highest BCUT2D eigenvalue weighted by molar-refractivity contribution is 9.10. The predicted octanol–water partition coefficient (Wildman–Crippen LogP) is 4.41. The summed E-state index contributed by atoms with van der Waals surface area (Å²) in [4.78, 5) is 0. The Kier molecular flexibility index (Phi) is 5.71. The predicted molar refractivity (Wildman–Crippen MR) is 81.8 cm³/mol. The Morgan fingerprint density at radius 1 is 1.33 bits per heavy atom. The van der Waals surface area contributed by atoms with Gasteiger partial charge in [-0.1, -0.05) is 53.7 Å². The molecule has 0 saturated heterocycles. The third-order valence-corrected chi connectivity index (χ3v) is 4.54. The Bertz CT molecular complexity index is 358. The summed E-state index contributed by atoms with van der Waals surface area (Å²) in [6.45, 7) is 1.14. The number of benzene rings is 1. The van der Waals surface area contributed by atoms with E-state index >= 15 is 0 Å². The Hall–Kier alpha value is -0.340. The van der Waals surface area contributed by atoms with Gasteiger partial charge in [0.05, 0.1) is 0 Å². The SMILES string of the molecule is CNCC(Cc1cccc(Br)c1)CC1CCCC1. The van der Waals surface area contributed by atoms with Crippen LogP contribution in [0.25, 0.3) is 0 Å². The fourth-order valence-electron chi connectivity index (χ4n) is 3.24. The Labute approximate surface area is 119 Å². The minimum absolute atomic E-state index is 0.785. The van der Waals surface area contributed by atoms with Crippen molar-refractivity contribution in [1.82, 2.24) is 5.32 Å². The summed E-state index contributed by atoms with van der Waals surface area (Å²) in [7, 11) is 2.07. The van der Waals surface area contributed by atoms with Crippen LogP contribution in [0.5, 0.6) is 0 Å². The van der Waals surface area contributed by atoms with Crippen molar-refractivity contribution in [3.05, 3.63) is 34.3 Å². The Balaban J connectivity index is 1.92. The molecule has 0 amide bonds. The molecule has 1 aliphatic carbocycles. The maximum absolute atomic E-state index is 3.56. The van der Waals surface area contributed by atoms with Crippen LogP contribution in [0.2, 0.25) is 0 Å². The number of hydrogen-bond donors (Lipinski definition) is 1. The van der Waals surface area contributed by atoms with Crippen molar-refractivity contribution in [3.8, 4) is 0 Å². The van der Waals surface area contributed by atoms with Crippen molar-refractivity contribution in [1.29, 1.82) is 0 Å². The normalized spacial score (nSPS) is 18.1. The zero-order valence-electron chi connectivity index (χ0n) is 11.3. The number of hydrogen-bond acceptors (Lipinski definition) is 1. The number of halogens is 1. The Morgan fingerprint density at radius 2 is 2.11 bits per heavy atom. The maximum atomic E-state index is 3.56. The minimum Gasteiger partial charge on any atom is -0.319 e. The molecule has 100 valence electrons. The first kappa shape index (κ1) is 14.1. The van der Waals surface area contributed by atoms with Crippen LogP contribution in [0.1, 0.15) is 37.7 Å².